The minimum absolute atomic E-state index is 0.187. The number of carbonyl (C=O) groups excluding carboxylic acids is 1. The Labute approximate surface area is 125 Å². The van der Waals surface area contributed by atoms with E-state index in [-0.39, 0.29) is 11.9 Å². The Balaban J connectivity index is 1.89. The average Bonchev–Trinajstić information content (AvgIpc) is 2.52. The summed E-state index contributed by atoms with van der Waals surface area (Å²) in [6, 6.07) is 19.6. The van der Waals surface area contributed by atoms with Gasteiger partial charge < -0.3 is 4.74 Å². The highest BCUT2D eigenvalue weighted by atomic mass is 32.1. The van der Waals surface area contributed by atoms with Gasteiger partial charge in [-0.25, -0.2) is 0 Å². The van der Waals surface area contributed by atoms with Crippen molar-refractivity contribution in [3.63, 3.8) is 0 Å². The summed E-state index contributed by atoms with van der Waals surface area (Å²) in [6.07, 6.45) is 0.665. The fraction of sp³-hybridized carbons (Fsp3) is 0.235. The van der Waals surface area contributed by atoms with Crippen LogP contribution in [0.2, 0.25) is 0 Å². The highest BCUT2D eigenvalue weighted by Crippen LogP contribution is 2.13. The van der Waals surface area contributed by atoms with Crippen LogP contribution in [0.15, 0.2) is 60.7 Å². The molecule has 0 unspecified atom stereocenters. The molecule has 2 rings (SSSR count). The van der Waals surface area contributed by atoms with Gasteiger partial charge in [0.15, 0.2) is 0 Å². The van der Waals surface area contributed by atoms with Crippen LogP contribution in [-0.4, -0.2) is 11.7 Å². The van der Waals surface area contributed by atoms with Crippen LogP contribution in [0.3, 0.4) is 0 Å². The molecule has 1 atom stereocenters. The Kier molecular flexibility index (Phi) is 5.69. The third-order valence-corrected chi connectivity index (χ3v) is 3.54. The van der Waals surface area contributed by atoms with Gasteiger partial charge >= 0.3 is 5.97 Å². The van der Waals surface area contributed by atoms with Crippen molar-refractivity contribution < 1.29 is 9.53 Å². The van der Waals surface area contributed by atoms with E-state index in [0.717, 1.165) is 11.1 Å². The van der Waals surface area contributed by atoms with Gasteiger partial charge in [-0.15, -0.1) is 0 Å². The molecule has 0 N–H and O–H groups in total. The van der Waals surface area contributed by atoms with E-state index in [0.29, 0.717) is 18.8 Å². The summed E-state index contributed by atoms with van der Waals surface area (Å²) < 4.78 is 5.37. The minimum atomic E-state index is -0.204. The van der Waals surface area contributed by atoms with Crippen molar-refractivity contribution in [2.24, 2.45) is 5.92 Å². The molecule has 2 nitrogen and oxygen atoms in total. The van der Waals surface area contributed by atoms with Crippen LogP contribution in [0.1, 0.15) is 11.1 Å². The first-order valence-corrected chi connectivity index (χ1v) is 7.28. The Bertz CT molecular complexity index is 525. The maximum absolute atomic E-state index is 12.1. The molecule has 0 fully saturated rings. The van der Waals surface area contributed by atoms with Crippen molar-refractivity contribution in [3.8, 4) is 0 Å². The number of hydrogen-bond acceptors (Lipinski definition) is 3. The van der Waals surface area contributed by atoms with Gasteiger partial charge in [0.25, 0.3) is 0 Å². The molecule has 0 aliphatic rings. The van der Waals surface area contributed by atoms with Crippen molar-refractivity contribution in [2.75, 3.05) is 5.75 Å². The fourth-order valence-electron chi connectivity index (χ4n) is 1.97. The van der Waals surface area contributed by atoms with Crippen molar-refractivity contribution >= 4 is 18.6 Å². The lowest BCUT2D eigenvalue weighted by atomic mass is 10.0. The Hall–Kier alpha value is -1.74. The topological polar surface area (TPSA) is 26.3 Å². The summed E-state index contributed by atoms with van der Waals surface area (Å²) in [5.41, 5.74) is 2.13. The van der Waals surface area contributed by atoms with Gasteiger partial charge in [0.1, 0.15) is 6.61 Å². The molecular formula is C17H18O2S. The van der Waals surface area contributed by atoms with Gasteiger partial charge in [-0.05, 0) is 17.5 Å². The lowest BCUT2D eigenvalue weighted by molar-refractivity contribution is -0.149. The molecule has 0 saturated heterocycles. The first-order chi connectivity index (χ1) is 9.79. The van der Waals surface area contributed by atoms with E-state index >= 15 is 0 Å². The quantitative estimate of drug-likeness (QED) is 0.649. The largest absolute Gasteiger partial charge is 0.461 e. The van der Waals surface area contributed by atoms with E-state index in [1.807, 2.05) is 60.7 Å². The second kappa shape index (κ2) is 7.75. The predicted molar refractivity (Wildman–Crippen MR) is 83.7 cm³/mol. The zero-order valence-corrected chi connectivity index (χ0v) is 12.1. The monoisotopic (exact) mass is 286 g/mol. The van der Waals surface area contributed by atoms with Crippen LogP contribution in [0.5, 0.6) is 0 Å². The molecule has 0 aliphatic heterocycles. The summed E-state index contributed by atoms with van der Waals surface area (Å²) in [6.45, 7) is 0.318. The molecule has 2 aromatic rings. The molecule has 0 radical (unpaired) electrons. The van der Waals surface area contributed by atoms with Gasteiger partial charge in [0.05, 0.1) is 5.92 Å². The second-order valence-electron chi connectivity index (χ2n) is 4.66. The third kappa shape index (κ3) is 4.42. The maximum Gasteiger partial charge on any atom is 0.310 e. The predicted octanol–water partition coefficient (Wildman–Crippen LogP) is 3.52. The van der Waals surface area contributed by atoms with Gasteiger partial charge in [-0.3, -0.25) is 4.79 Å². The summed E-state index contributed by atoms with van der Waals surface area (Å²) in [7, 11) is 0. The highest BCUT2D eigenvalue weighted by Gasteiger charge is 2.19. The molecule has 0 heterocycles. The number of hydrogen-bond donors (Lipinski definition) is 1. The number of thiol groups is 1. The van der Waals surface area contributed by atoms with Gasteiger partial charge in [0.2, 0.25) is 0 Å². The molecule has 0 aromatic heterocycles. The van der Waals surface area contributed by atoms with Crippen LogP contribution >= 0.6 is 12.6 Å². The molecule has 20 heavy (non-hydrogen) atoms. The van der Waals surface area contributed by atoms with E-state index < -0.39 is 0 Å². The minimum Gasteiger partial charge on any atom is -0.461 e. The van der Waals surface area contributed by atoms with Crippen molar-refractivity contribution in [1.29, 1.82) is 0 Å². The summed E-state index contributed by atoms with van der Waals surface area (Å²) in [5.74, 6) is 0.0971. The molecule has 0 saturated carbocycles. The first-order valence-electron chi connectivity index (χ1n) is 6.65. The maximum atomic E-state index is 12.1. The lowest BCUT2D eigenvalue weighted by Crippen LogP contribution is -2.21. The van der Waals surface area contributed by atoms with E-state index in [9.17, 15) is 4.79 Å². The van der Waals surface area contributed by atoms with Crippen molar-refractivity contribution in [2.45, 2.75) is 13.0 Å². The van der Waals surface area contributed by atoms with Crippen LogP contribution in [0.25, 0.3) is 0 Å². The smallest absolute Gasteiger partial charge is 0.310 e. The van der Waals surface area contributed by atoms with Crippen LogP contribution in [0, 0.1) is 5.92 Å². The molecule has 0 amide bonds. The third-order valence-electron chi connectivity index (χ3n) is 3.10. The summed E-state index contributed by atoms with van der Waals surface area (Å²) in [5, 5.41) is 0. The zero-order valence-electron chi connectivity index (χ0n) is 11.2. The molecule has 104 valence electrons. The Morgan fingerprint density at radius 1 is 0.950 bits per heavy atom. The second-order valence-corrected chi connectivity index (χ2v) is 5.03. The van der Waals surface area contributed by atoms with Gasteiger partial charge in [-0.1, -0.05) is 60.7 Å². The molecule has 3 heteroatoms. The Morgan fingerprint density at radius 2 is 1.50 bits per heavy atom. The number of ether oxygens (including phenoxy) is 1. The van der Waals surface area contributed by atoms with Gasteiger partial charge in [-0.2, -0.15) is 12.6 Å². The van der Waals surface area contributed by atoms with Crippen LogP contribution in [0.4, 0.5) is 0 Å². The van der Waals surface area contributed by atoms with E-state index in [2.05, 4.69) is 12.6 Å². The van der Waals surface area contributed by atoms with Crippen molar-refractivity contribution in [3.05, 3.63) is 71.8 Å². The summed E-state index contributed by atoms with van der Waals surface area (Å²) in [4.78, 5) is 12.1. The molecule has 0 aliphatic carbocycles. The van der Waals surface area contributed by atoms with E-state index in [1.165, 1.54) is 0 Å². The van der Waals surface area contributed by atoms with Crippen LogP contribution in [-0.2, 0) is 22.6 Å². The SMILES string of the molecule is O=C(OCc1ccccc1)[C@H](CS)Cc1ccccc1. The molecule has 2 aromatic carbocycles. The number of rotatable bonds is 6. The van der Waals surface area contributed by atoms with E-state index in [4.69, 9.17) is 4.74 Å². The Morgan fingerprint density at radius 3 is 2.05 bits per heavy atom. The van der Waals surface area contributed by atoms with E-state index in [1.54, 1.807) is 0 Å². The fourth-order valence-corrected chi connectivity index (χ4v) is 2.25. The lowest BCUT2D eigenvalue weighted by Gasteiger charge is -2.14. The summed E-state index contributed by atoms with van der Waals surface area (Å²) >= 11 is 4.26. The zero-order chi connectivity index (χ0) is 14.2. The van der Waals surface area contributed by atoms with Crippen molar-refractivity contribution in [1.82, 2.24) is 0 Å². The number of esters is 1. The van der Waals surface area contributed by atoms with Crippen LogP contribution < -0.4 is 0 Å². The number of benzene rings is 2. The molecule has 0 bridgehead atoms. The standard InChI is InChI=1S/C17H18O2S/c18-17(19-12-15-9-5-2-6-10-15)16(13-20)11-14-7-3-1-4-8-14/h1-10,16,20H,11-13H2/t16-/m0/s1. The normalized spacial score (nSPS) is 11.8. The average molecular weight is 286 g/mol. The molecular weight excluding hydrogens is 268 g/mol. The highest BCUT2D eigenvalue weighted by molar-refractivity contribution is 7.80. The molecule has 0 spiro atoms. The first kappa shape index (κ1) is 14.7. The van der Waals surface area contributed by atoms with Gasteiger partial charge in [0, 0.05) is 5.75 Å². The number of carbonyl (C=O) groups is 1.